The molecule has 2 aromatic carbocycles. The number of hydrogen-bond donors (Lipinski definition) is 0. The monoisotopic (exact) mass is 336 g/mol. The molecule has 0 N–H and O–H groups in total. The van der Waals surface area contributed by atoms with Crippen LogP contribution in [0.4, 0.5) is 11.4 Å². The van der Waals surface area contributed by atoms with Crippen molar-refractivity contribution in [1.82, 2.24) is 0 Å². The Kier molecular flexibility index (Phi) is 4.53. The highest BCUT2D eigenvalue weighted by molar-refractivity contribution is 5.81. The number of nitrogens with zero attached hydrogens (tertiary/aromatic N) is 2. The average molecular weight is 336 g/mol. The first-order valence-electron chi connectivity index (χ1n) is 8.29. The molecule has 0 saturated heterocycles. The first-order chi connectivity index (χ1) is 12.0. The second kappa shape index (κ2) is 6.63. The lowest BCUT2D eigenvalue weighted by Gasteiger charge is -2.23. The molecule has 0 aliphatic carbocycles. The molecule has 0 saturated carbocycles. The minimum atomic E-state index is -0.0597. The van der Waals surface area contributed by atoms with Gasteiger partial charge in [-0.05, 0) is 29.8 Å². The van der Waals surface area contributed by atoms with Crippen molar-refractivity contribution in [2.75, 3.05) is 26.2 Å². The van der Waals surface area contributed by atoms with E-state index in [1.807, 2.05) is 24.4 Å². The first kappa shape index (κ1) is 17.1. The zero-order chi connectivity index (χ0) is 18.0. The molecule has 0 spiro atoms. The van der Waals surface area contributed by atoms with Crippen molar-refractivity contribution in [2.24, 2.45) is 4.99 Å². The molecule has 0 fully saturated rings. The van der Waals surface area contributed by atoms with Gasteiger partial charge in [0.25, 0.3) is 0 Å². The van der Waals surface area contributed by atoms with Crippen LogP contribution >= 0.6 is 0 Å². The highest BCUT2D eigenvalue weighted by Crippen LogP contribution is 2.46. The van der Waals surface area contributed by atoms with Gasteiger partial charge >= 0.3 is 0 Å². The Balaban J connectivity index is 1.94. The average Bonchev–Trinajstić information content (AvgIpc) is 2.82. The van der Waals surface area contributed by atoms with Crippen LogP contribution in [-0.2, 0) is 5.41 Å². The lowest BCUT2D eigenvalue weighted by atomic mass is 9.84. The highest BCUT2D eigenvalue weighted by atomic mass is 16.5. The number of para-hydroxylation sites is 1. The molecule has 4 nitrogen and oxygen atoms in total. The van der Waals surface area contributed by atoms with E-state index in [1.165, 1.54) is 16.9 Å². The zero-order valence-corrected chi connectivity index (χ0v) is 15.4. The summed E-state index contributed by atoms with van der Waals surface area (Å²) in [5, 5.41) is 0. The van der Waals surface area contributed by atoms with Crippen LogP contribution in [0.15, 0.2) is 59.2 Å². The molecular weight excluding hydrogens is 312 g/mol. The number of anilines is 1. The van der Waals surface area contributed by atoms with Gasteiger partial charge in [-0.2, -0.15) is 0 Å². The third kappa shape index (κ3) is 3.00. The third-order valence-corrected chi connectivity index (χ3v) is 4.77. The van der Waals surface area contributed by atoms with Gasteiger partial charge < -0.3 is 14.4 Å². The van der Waals surface area contributed by atoms with Gasteiger partial charge in [-0.25, -0.2) is 0 Å². The fourth-order valence-corrected chi connectivity index (χ4v) is 3.39. The Hall–Kier alpha value is -2.75. The predicted octanol–water partition coefficient (Wildman–Crippen LogP) is 4.72. The van der Waals surface area contributed by atoms with E-state index in [2.05, 4.69) is 61.1 Å². The molecule has 3 rings (SSSR count). The van der Waals surface area contributed by atoms with Crippen LogP contribution in [0.25, 0.3) is 0 Å². The van der Waals surface area contributed by atoms with Gasteiger partial charge in [0.05, 0.1) is 14.2 Å². The molecule has 25 heavy (non-hydrogen) atoms. The second-order valence-electron chi connectivity index (χ2n) is 6.57. The summed E-state index contributed by atoms with van der Waals surface area (Å²) in [6.45, 7) is 4.47. The smallest absolute Gasteiger partial charge is 0.144 e. The molecule has 0 aromatic heterocycles. The van der Waals surface area contributed by atoms with Gasteiger partial charge in [0.15, 0.2) is 0 Å². The molecular formula is C21H24N2O2. The van der Waals surface area contributed by atoms with Gasteiger partial charge in [0, 0.05) is 36.1 Å². The molecule has 4 heteroatoms. The van der Waals surface area contributed by atoms with Crippen LogP contribution < -0.4 is 14.4 Å². The van der Waals surface area contributed by atoms with E-state index in [-0.39, 0.29) is 5.41 Å². The van der Waals surface area contributed by atoms with Crippen LogP contribution in [-0.4, -0.2) is 27.5 Å². The number of allylic oxidation sites excluding steroid dienone is 2. The fraction of sp³-hybridized carbons (Fsp3) is 0.286. The summed E-state index contributed by atoms with van der Waals surface area (Å²) in [4.78, 5) is 6.81. The Morgan fingerprint density at radius 3 is 2.48 bits per heavy atom. The van der Waals surface area contributed by atoms with Crippen molar-refractivity contribution in [3.8, 4) is 11.5 Å². The van der Waals surface area contributed by atoms with Crippen molar-refractivity contribution in [2.45, 2.75) is 19.3 Å². The molecule has 0 unspecified atom stereocenters. The van der Waals surface area contributed by atoms with E-state index in [0.29, 0.717) is 0 Å². The third-order valence-electron chi connectivity index (χ3n) is 4.77. The van der Waals surface area contributed by atoms with Crippen molar-refractivity contribution >= 4 is 17.6 Å². The SMILES string of the molecule is COc1ccc(OC)c(N=C/C=C2/N(C)c3ccccc3C2(C)C)c1. The molecule has 0 atom stereocenters. The Morgan fingerprint density at radius 2 is 1.80 bits per heavy atom. The van der Waals surface area contributed by atoms with Crippen LogP contribution in [0.3, 0.4) is 0 Å². The fourth-order valence-electron chi connectivity index (χ4n) is 3.39. The van der Waals surface area contributed by atoms with Crippen molar-refractivity contribution in [3.05, 3.63) is 59.8 Å². The summed E-state index contributed by atoms with van der Waals surface area (Å²) in [5.41, 5.74) is 4.46. The van der Waals surface area contributed by atoms with Gasteiger partial charge in [-0.3, -0.25) is 4.99 Å². The van der Waals surface area contributed by atoms with E-state index in [1.54, 1.807) is 14.2 Å². The number of fused-ring (bicyclic) bond motifs is 1. The molecule has 1 aliphatic rings. The van der Waals surface area contributed by atoms with Crippen molar-refractivity contribution in [1.29, 1.82) is 0 Å². The largest absolute Gasteiger partial charge is 0.497 e. The van der Waals surface area contributed by atoms with Crippen molar-refractivity contribution in [3.63, 3.8) is 0 Å². The lowest BCUT2D eigenvalue weighted by molar-refractivity contribution is 0.404. The number of methoxy groups -OCH3 is 2. The minimum absolute atomic E-state index is 0.0597. The summed E-state index contributed by atoms with van der Waals surface area (Å²) >= 11 is 0. The maximum Gasteiger partial charge on any atom is 0.144 e. The van der Waals surface area contributed by atoms with Gasteiger partial charge in [-0.1, -0.05) is 32.0 Å². The van der Waals surface area contributed by atoms with E-state index in [0.717, 1.165) is 17.2 Å². The number of hydrogen-bond acceptors (Lipinski definition) is 4. The number of rotatable bonds is 4. The van der Waals surface area contributed by atoms with E-state index in [4.69, 9.17) is 9.47 Å². The Morgan fingerprint density at radius 1 is 1.04 bits per heavy atom. The molecule has 1 heterocycles. The maximum absolute atomic E-state index is 5.38. The second-order valence-corrected chi connectivity index (χ2v) is 6.57. The molecule has 1 aliphatic heterocycles. The summed E-state index contributed by atoms with van der Waals surface area (Å²) < 4.78 is 10.7. The molecule has 0 amide bonds. The summed E-state index contributed by atoms with van der Waals surface area (Å²) in [6.07, 6.45) is 3.90. The molecule has 130 valence electrons. The quantitative estimate of drug-likeness (QED) is 0.758. The van der Waals surface area contributed by atoms with Crippen LogP contribution in [0.2, 0.25) is 0 Å². The number of ether oxygens (including phenoxy) is 2. The number of likely N-dealkylation sites (N-methyl/N-ethyl adjacent to an activating group) is 1. The summed E-state index contributed by atoms with van der Waals surface area (Å²) in [6, 6.07) is 14.1. The van der Waals surface area contributed by atoms with Gasteiger partial charge in [0.1, 0.15) is 17.2 Å². The zero-order valence-electron chi connectivity index (χ0n) is 15.4. The van der Waals surface area contributed by atoms with Crippen LogP contribution in [0.5, 0.6) is 11.5 Å². The number of aliphatic imine (C=N–C) groups is 1. The first-order valence-corrected chi connectivity index (χ1v) is 8.29. The standard InChI is InChI=1S/C21H24N2O2/c1-21(2)16-8-6-7-9-18(16)23(3)20(21)12-13-22-17-14-15(24-4)10-11-19(17)25-5/h6-14H,1-5H3/b20-12+,22-13?. The lowest BCUT2D eigenvalue weighted by Crippen LogP contribution is -2.23. The Bertz CT molecular complexity index is 838. The Labute approximate surface area is 149 Å². The molecule has 2 aromatic rings. The normalized spacial score (nSPS) is 17.2. The highest BCUT2D eigenvalue weighted by Gasteiger charge is 2.37. The summed E-state index contributed by atoms with van der Waals surface area (Å²) in [5.74, 6) is 1.48. The van der Waals surface area contributed by atoms with Crippen molar-refractivity contribution < 1.29 is 9.47 Å². The van der Waals surface area contributed by atoms with Crippen LogP contribution in [0.1, 0.15) is 19.4 Å². The summed E-state index contributed by atoms with van der Waals surface area (Å²) in [7, 11) is 5.38. The van der Waals surface area contributed by atoms with E-state index in [9.17, 15) is 0 Å². The van der Waals surface area contributed by atoms with Gasteiger partial charge in [-0.15, -0.1) is 0 Å². The minimum Gasteiger partial charge on any atom is -0.497 e. The number of benzene rings is 2. The maximum atomic E-state index is 5.38. The molecule has 0 bridgehead atoms. The van der Waals surface area contributed by atoms with Crippen LogP contribution in [0, 0.1) is 0 Å². The van der Waals surface area contributed by atoms with E-state index >= 15 is 0 Å². The topological polar surface area (TPSA) is 34.1 Å². The molecule has 0 radical (unpaired) electrons. The predicted molar refractivity (Wildman–Crippen MR) is 104 cm³/mol. The van der Waals surface area contributed by atoms with Gasteiger partial charge in [0.2, 0.25) is 0 Å². The van der Waals surface area contributed by atoms with E-state index < -0.39 is 0 Å².